The van der Waals surface area contributed by atoms with Gasteiger partial charge in [-0.15, -0.1) is 0 Å². The van der Waals surface area contributed by atoms with Crippen molar-refractivity contribution in [2.75, 3.05) is 45.2 Å². The third kappa shape index (κ3) is 4.68. The lowest BCUT2D eigenvalue weighted by Crippen LogP contribution is -2.29. The molecule has 1 heterocycles. The smallest absolute Gasteiger partial charge is 0.300 e. The summed E-state index contributed by atoms with van der Waals surface area (Å²) in [6, 6.07) is 16.1. The highest BCUT2D eigenvalue weighted by Gasteiger charge is 2.47. The molecule has 1 amide bonds. The predicted molar refractivity (Wildman–Crippen MR) is 143 cm³/mol. The van der Waals surface area contributed by atoms with E-state index < -0.39 is 23.5 Å². The molecule has 1 atom stereocenters. The summed E-state index contributed by atoms with van der Waals surface area (Å²) in [5, 5.41) is 11.6. The topological polar surface area (TPSA) is 88.5 Å². The third-order valence-corrected chi connectivity index (χ3v) is 6.57. The molecule has 0 aliphatic carbocycles. The number of Topliss-reactive ketones (excluding diaryl/α,β-unsaturated/α-hetero) is 1. The lowest BCUT2D eigenvalue weighted by atomic mass is 9.94. The first-order valence-corrected chi connectivity index (χ1v) is 11.7. The summed E-state index contributed by atoms with van der Waals surface area (Å²) in [7, 11) is 8.30. The van der Waals surface area contributed by atoms with Crippen molar-refractivity contribution >= 4 is 40.4 Å². The number of rotatable bonds is 7. The fourth-order valence-electron chi connectivity index (χ4n) is 4.30. The summed E-state index contributed by atoms with van der Waals surface area (Å²) in [5.41, 5.74) is 2.05. The summed E-state index contributed by atoms with van der Waals surface area (Å²) in [5.74, 6) is -0.737. The highest BCUT2D eigenvalue weighted by Crippen LogP contribution is 2.45. The van der Waals surface area contributed by atoms with Crippen molar-refractivity contribution in [3.05, 3.63) is 82.4 Å². The fraction of sp³-hybridized carbons (Fsp3) is 0.214. The summed E-state index contributed by atoms with van der Waals surface area (Å²) in [6.45, 7) is 0. The van der Waals surface area contributed by atoms with Crippen molar-refractivity contribution in [1.29, 1.82) is 0 Å². The van der Waals surface area contributed by atoms with Gasteiger partial charge in [-0.25, -0.2) is 0 Å². The number of halogens is 1. The highest BCUT2D eigenvalue weighted by molar-refractivity contribution is 6.52. The zero-order valence-corrected chi connectivity index (χ0v) is 21.9. The number of carbonyl (C=O) groups is 2. The van der Waals surface area contributed by atoms with Gasteiger partial charge in [0.2, 0.25) is 0 Å². The zero-order chi connectivity index (χ0) is 26.9. The van der Waals surface area contributed by atoms with Crippen molar-refractivity contribution in [3.8, 4) is 17.2 Å². The van der Waals surface area contributed by atoms with Crippen molar-refractivity contribution in [1.82, 2.24) is 0 Å². The first-order valence-electron chi connectivity index (χ1n) is 11.4. The van der Waals surface area contributed by atoms with Gasteiger partial charge in [0, 0.05) is 37.1 Å². The van der Waals surface area contributed by atoms with Gasteiger partial charge in [-0.1, -0.05) is 23.7 Å². The molecule has 0 bridgehead atoms. The van der Waals surface area contributed by atoms with Gasteiger partial charge in [0.1, 0.15) is 11.5 Å². The molecule has 0 saturated carbocycles. The lowest BCUT2D eigenvalue weighted by Gasteiger charge is -2.26. The first kappa shape index (κ1) is 25.9. The molecule has 1 unspecified atom stereocenters. The van der Waals surface area contributed by atoms with Crippen LogP contribution >= 0.6 is 11.6 Å². The van der Waals surface area contributed by atoms with Gasteiger partial charge in [0.15, 0.2) is 11.5 Å². The molecule has 3 aromatic carbocycles. The number of hydrogen-bond acceptors (Lipinski definition) is 7. The van der Waals surface area contributed by atoms with E-state index in [1.54, 1.807) is 30.3 Å². The number of anilines is 2. The van der Waals surface area contributed by atoms with Crippen LogP contribution in [0, 0.1) is 0 Å². The van der Waals surface area contributed by atoms with E-state index in [9.17, 15) is 14.7 Å². The van der Waals surface area contributed by atoms with Crippen LogP contribution in [0.5, 0.6) is 17.2 Å². The maximum Gasteiger partial charge on any atom is 0.300 e. The molecule has 8 nitrogen and oxygen atoms in total. The summed E-state index contributed by atoms with van der Waals surface area (Å²) in [6.07, 6.45) is 0. The first-order chi connectivity index (χ1) is 17.7. The summed E-state index contributed by atoms with van der Waals surface area (Å²) >= 11 is 6.39. The summed E-state index contributed by atoms with van der Waals surface area (Å²) in [4.78, 5) is 30.2. The fourth-order valence-corrected chi connectivity index (χ4v) is 4.51. The molecular weight excluding hydrogens is 496 g/mol. The molecule has 0 radical (unpaired) electrons. The van der Waals surface area contributed by atoms with Gasteiger partial charge in [0.25, 0.3) is 11.7 Å². The second kappa shape index (κ2) is 10.4. The molecule has 1 saturated heterocycles. The normalized spacial score (nSPS) is 16.6. The van der Waals surface area contributed by atoms with Crippen LogP contribution in [0.15, 0.2) is 66.2 Å². The predicted octanol–water partition coefficient (Wildman–Crippen LogP) is 5.06. The average Bonchev–Trinajstić information content (AvgIpc) is 3.18. The summed E-state index contributed by atoms with van der Waals surface area (Å²) < 4.78 is 16.0. The molecule has 0 spiro atoms. The Morgan fingerprint density at radius 1 is 0.892 bits per heavy atom. The SMILES string of the molecule is COc1ccc(Cl)c(/C(O)=C2\C(=O)C(=O)N(c3ccc(OC)c(OC)c3)C2c2ccc(N(C)C)cc2)c1. The number of hydrogen-bond donors (Lipinski definition) is 1. The molecule has 37 heavy (non-hydrogen) atoms. The standard InChI is InChI=1S/C28H27ClN2O6/c1-30(2)17-8-6-16(7-9-17)25-24(26(32)20-15-19(35-3)11-12-21(20)29)27(33)28(34)31(25)18-10-13-22(36-4)23(14-18)37-5/h6-15,25,32H,1-5H3/b26-24+. The van der Waals surface area contributed by atoms with E-state index in [4.69, 9.17) is 25.8 Å². The van der Waals surface area contributed by atoms with Gasteiger partial charge in [-0.05, 0) is 48.0 Å². The number of ketones is 1. The molecule has 4 rings (SSSR count). The van der Waals surface area contributed by atoms with Crippen LogP contribution in [0.3, 0.4) is 0 Å². The van der Waals surface area contributed by atoms with E-state index >= 15 is 0 Å². The number of methoxy groups -OCH3 is 3. The van der Waals surface area contributed by atoms with E-state index in [1.807, 2.05) is 43.3 Å². The molecule has 0 aromatic heterocycles. The van der Waals surface area contributed by atoms with Gasteiger partial charge < -0.3 is 24.2 Å². The Hall–Kier alpha value is -4.17. The Morgan fingerprint density at radius 3 is 2.16 bits per heavy atom. The number of amides is 1. The molecule has 1 aliphatic rings. The Bertz CT molecular complexity index is 1380. The molecule has 192 valence electrons. The number of aliphatic hydroxyl groups excluding tert-OH is 1. The van der Waals surface area contributed by atoms with Crippen molar-refractivity contribution in [3.63, 3.8) is 0 Å². The van der Waals surface area contributed by atoms with Crippen LogP contribution in [0.4, 0.5) is 11.4 Å². The zero-order valence-electron chi connectivity index (χ0n) is 21.1. The molecule has 1 N–H and O–H groups in total. The van der Waals surface area contributed by atoms with E-state index in [-0.39, 0.29) is 16.2 Å². The highest BCUT2D eigenvalue weighted by atomic mass is 35.5. The van der Waals surface area contributed by atoms with Crippen LogP contribution in [-0.4, -0.2) is 52.2 Å². The number of aliphatic hydroxyl groups is 1. The second-order valence-corrected chi connectivity index (χ2v) is 8.95. The quantitative estimate of drug-likeness (QED) is 0.263. The van der Waals surface area contributed by atoms with Crippen molar-refractivity contribution < 1.29 is 28.9 Å². The maximum atomic E-state index is 13.5. The molecule has 9 heteroatoms. The van der Waals surface area contributed by atoms with Gasteiger partial charge in [0.05, 0.1) is 38.0 Å². The minimum atomic E-state index is -0.934. The number of benzene rings is 3. The van der Waals surface area contributed by atoms with Crippen molar-refractivity contribution in [2.24, 2.45) is 0 Å². The molecule has 1 aliphatic heterocycles. The van der Waals surface area contributed by atoms with Crippen LogP contribution in [0.2, 0.25) is 5.02 Å². The number of carbonyl (C=O) groups excluding carboxylic acids is 2. The van der Waals surface area contributed by atoms with Crippen LogP contribution in [0.1, 0.15) is 17.2 Å². The molecule has 1 fully saturated rings. The number of ether oxygens (including phenoxy) is 3. The van der Waals surface area contributed by atoms with Crippen LogP contribution < -0.4 is 24.0 Å². The van der Waals surface area contributed by atoms with Gasteiger partial charge in [-0.3, -0.25) is 14.5 Å². The van der Waals surface area contributed by atoms with Gasteiger partial charge >= 0.3 is 0 Å². The third-order valence-electron chi connectivity index (χ3n) is 6.24. The van der Waals surface area contributed by atoms with Gasteiger partial charge in [-0.2, -0.15) is 0 Å². The molecular formula is C28H27ClN2O6. The average molecular weight is 523 g/mol. The minimum absolute atomic E-state index is 0.0902. The Morgan fingerprint density at radius 2 is 1.57 bits per heavy atom. The van der Waals surface area contributed by atoms with E-state index in [2.05, 4.69) is 0 Å². The minimum Gasteiger partial charge on any atom is -0.507 e. The largest absolute Gasteiger partial charge is 0.507 e. The second-order valence-electron chi connectivity index (χ2n) is 8.54. The van der Waals surface area contributed by atoms with E-state index in [0.29, 0.717) is 28.5 Å². The van der Waals surface area contributed by atoms with Crippen molar-refractivity contribution in [2.45, 2.75) is 6.04 Å². The Labute approximate surface area is 220 Å². The van der Waals surface area contributed by atoms with E-state index in [1.165, 1.54) is 32.3 Å². The Kier molecular flexibility index (Phi) is 7.31. The van der Waals surface area contributed by atoms with Crippen LogP contribution in [-0.2, 0) is 9.59 Å². The maximum absolute atomic E-state index is 13.5. The number of nitrogens with zero attached hydrogens (tertiary/aromatic N) is 2. The van der Waals surface area contributed by atoms with Crippen LogP contribution in [0.25, 0.3) is 5.76 Å². The monoisotopic (exact) mass is 522 g/mol. The van der Waals surface area contributed by atoms with E-state index in [0.717, 1.165) is 5.69 Å². The lowest BCUT2D eigenvalue weighted by molar-refractivity contribution is -0.132. The Balaban J connectivity index is 1.97. The molecule has 3 aromatic rings.